The van der Waals surface area contributed by atoms with Gasteiger partial charge in [0.2, 0.25) is 0 Å². The third-order valence-electron chi connectivity index (χ3n) is 5.03. The van der Waals surface area contributed by atoms with E-state index in [4.69, 9.17) is 4.74 Å². The standard InChI is InChI=1S/C23H27NO3/c1-15(2)19(17-9-11-18(12-10-17)27-16(3)4)13-14-24-22(25)20-7-5-6-8-21(20)23(24)26/h5-12,15-16,19H,13-14H2,1-4H3/t19-/m1/s1. The molecule has 0 saturated carbocycles. The van der Waals surface area contributed by atoms with E-state index in [1.165, 1.54) is 10.5 Å². The van der Waals surface area contributed by atoms with E-state index >= 15 is 0 Å². The lowest BCUT2D eigenvalue weighted by atomic mass is 9.85. The number of rotatable bonds is 7. The third kappa shape index (κ3) is 4.05. The summed E-state index contributed by atoms with van der Waals surface area (Å²) in [6, 6.07) is 15.2. The number of benzene rings is 2. The first-order valence-electron chi connectivity index (χ1n) is 9.60. The number of ether oxygens (including phenoxy) is 1. The van der Waals surface area contributed by atoms with Gasteiger partial charge >= 0.3 is 0 Å². The van der Waals surface area contributed by atoms with Crippen LogP contribution in [0, 0.1) is 5.92 Å². The molecular formula is C23H27NO3. The molecule has 0 aliphatic carbocycles. The number of amides is 2. The van der Waals surface area contributed by atoms with Gasteiger partial charge in [-0.15, -0.1) is 0 Å². The van der Waals surface area contributed by atoms with Gasteiger partial charge in [0.1, 0.15) is 5.75 Å². The van der Waals surface area contributed by atoms with Crippen molar-refractivity contribution in [1.29, 1.82) is 0 Å². The maximum Gasteiger partial charge on any atom is 0.261 e. The molecule has 3 rings (SSSR count). The topological polar surface area (TPSA) is 46.6 Å². The van der Waals surface area contributed by atoms with Gasteiger partial charge in [-0.05, 0) is 61.9 Å². The molecule has 0 fully saturated rings. The summed E-state index contributed by atoms with van der Waals surface area (Å²) in [7, 11) is 0. The van der Waals surface area contributed by atoms with Gasteiger partial charge in [0, 0.05) is 6.54 Å². The Morgan fingerprint density at radius 3 is 1.89 bits per heavy atom. The summed E-state index contributed by atoms with van der Waals surface area (Å²) in [5.41, 5.74) is 2.23. The fraction of sp³-hybridized carbons (Fsp3) is 0.391. The van der Waals surface area contributed by atoms with E-state index in [2.05, 4.69) is 26.0 Å². The summed E-state index contributed by atoms with van der Waals surface area (Å²) in [6.07, 6.45) is 0.888. The Bertz CT molecular complexity index is 789. The minimum atomic E-state index is -0.182. The van der Waals surface area contributed by atoms with Crippen LogP contribution in [0.4, 0.5) is 0 Å². The highest BCUT2D eigenvalue weighted by Gasteiger charge is 2.35. The van der Waals surface area contributed by atoms with Crippen LogP contribution in [0.25, 0.3) is 0 Å². The minimum Gasteiger partial charge on any atom is -0.491 e. The van der Waals surface area contributed by atoms with E-state index in [0.29, 0.717) is 23.6 Å². The Hall–Kier alpha value is -2.62. The predicted molar refractivity (Wildman–Crippen MR) is 106 cm³/mol. The molecule has 0 radical (unpaired) electrons. The van der Waals surface area contributed by atoms with E-state index in [1.807, 2.05) is 26.0 Å². The molecule has 4 nitrogen and oxygen atoms in total. The molecule has 0 N–H and O–H groups in total. The molecule has 1 aliphatic heterocycles. The summed E-state index contributed by atoms with van der Waals surface area (Å²) >= 11 is 0. The second-order valence-corrected chi connectivity index (χ2v) is 7.68. The fourth-order valence-corrected chi connectivity index (χ4v) is 3.66. The number of hydrogen-bond donors (Lipinski definition) is 0. The molecule has 27 heavy (non-hydrogen) atoms. The quantitative estimate of drug-likeness (QED) is 0.656. The van der Waals surface area contributed by atoms with Crippen LogP contribution in [-0.2, 0) is 0 Å². The van der Waals surface area contributed by atoms with Crippen LogP contribution in [0.2, 0.25) is 0 Å². The second kappa shape index (κ2) is 7.95. The summed E-state index contributed by atoms with van der Waals surface area (Å²) in [4.78, 5) is 26.5. The Labute approximate surface area is 161 Å². The predicted octanol–water partition coefficient (Wildman–Crippen LogP) is 4.90. The van der Waals surface area contributed by atoms with E-state index in [0.717, 1.165) is 12.2 Å². The molecule has 1 aliphatic rings. The maximum absolute atomic E-state index is 12.6. The van der Waals surface area contributed by atoms with Crippen LogP contribution in [-0.4, -0.2) is 29.4 Å². The Kier molecular flexibility index (Phi) is 5.64. The normalized spacial score (nSPS) is 14.8. The Morgan fingerprint density at radius 2 is 1.41 bits per heavy atom. The SMILES string of the molecule is CC(C)Oc1ccc([C@H](CCN2C(=O)c3ccccc3C2=O)C(C)C)cc1. The molecule has 0 saturated heterocycles. The highest BCUT2D eigenvalue weighted by molar-refractivity contribution is 6.21. The number of hydrogen-bond acceptors (Lipinski definition) is 3. The van der Waals surface area contributed by atoms with Crippen LogP contribution < -0.4 is 4.74 Å². The van der Waals surface area contributed by atoms with Gasteiger partial charge in [-0.25, -0.2) is 0 Å². The summed E-state index contributed by atoms with van der Waals surface area (Å²) in [5, 5.41) is 0. The van der Waals surface area contributed by atoms with E-state index < -0.39 is 0 Å². The molecule has 1 heterocycles. The molecule has 142 valence electrons. The number of fused-ring (bicyclic) bond motifs is 1. The van der Waals surface area contributed by atoms with Crippen molar-refractivity contribution in [2.75, 3.05) is 6.54 Å². The molecule has 0 unspecified atom stereocenters. The van der Waals surface area contributed by atoms with Gasteiger partial charge in [0.05, 0.1) is 17.2 Å². The first-order valence-corrected chi connectivity index (χ1v) is 9.60. The average Bonchev–Trinajstić information content (AvgIpc) is 2.87. The molecular weight excluding hydrogens is 338 g/mol. The highest BCUT2D eigenvalue weighted by Crippen LogP contribution is 2.31. The zero-order valence-corrected chi connectivity index (χ0v) is 16.4. The van der Waals surface area contributed by atoms with Crippen molar-refractivity contribution in [3.8, 4) is 5.75 Å². The largest absolute Gasteiger partial charge is 0.491 e. The van der Waals surface area contributed by atoms with Gasteiger partial charge < -0.3 is 4.74 Å². The fourth-order valence-electron chi connectivity index (χ4n) is 3.66. The second-order valence-electron chi connectivity index (χ2n) is 7.68. The maximum atomic E-state index is 12.6. The molecule has 0 bridgehead atoms. The van der Waals surface area contributed by atoms with Crippen molar-refractivity contribution in [3.63, 3.8) is 0 Å². The summed E-state index contributed by atoms with van der Waals surface area (Å²) in [6.45, 7) is 8.79. The molecule has 4 heteroatoms. The van der Waals surface area contributed by atoms with Crippen molar-refractivity contribution >= 4 is 11.8 Å². The Balaban J connectivity index is 1.71. The van der Waals surface area contributed by atoms with Gasteiger partial charge in [-0.3, -0.25) is 14.5 Å². The first kappa shape index (κ1) is 19.2. The molecule has 2 aromatic carbocycles. The smallest absolute Gasteiger partial charge is 0.261 e. The molecule has 2 amide bonds. The third-order valence-corrected chi connectivity index (χ3v) is 5.03. The number of carbonyl (C=O) groups is 2. The minimum absolute atomic E-state index is 0.144. The van der Waals surface area contributed by atoms with Crippen LogP contribution in [0.15, 0.2) is 48.5 Å². The average molecular weight is 365 g/mol. The van der Waals surface area contributed by atoms with Gasteiger partial charge in [-0.1, -0.05) is 38.1 Å². The Morgan fingerprint density at radius 1 is 0.852 bits per heavy atom. The van der Waals surface area contributed by atoms with Crippen LogP contribution >= 0.6 is 0 Å². The van der Waals surface area contributed by atoms with Crippen molar-refractivity contribution in [2.24, 2.45) is 5.92 Å². The van der Waals surface area contributed by atoms with Crippen molar-refractivity contribution in [3.05, 3.63) is 65.2 Å². The van der Waals surface area contributed by atoms with Crippen molar-refractivity contribution in [2.45, 2.75) is 46.1 Å². The monoisotopic (exact) mass is 365 g/mol. The van der Waals surface area contributed by atoms with Crippen LogP contribution in [0.3, 0.4) is 0 Å². The van der Waals surface area contributed by atoms with Crippen LogP contribution in [0.1, 0.15) is 66.3 Å². The van der Waals surface area contributed by atoms with Crippen molar-refractivity contribution < 1.29 is 14.3 Å². The number of carbonyl (C=O) groups excluding carboxylic acids is 2. The molecule has 2 aromatic rings. The zero-order valence-electron chi connectivity index (χ0n) is 16.4. The van der Waals surface area contributed by atoms with E-state index in [-0.39, 0.29) is 23.8 Å². The number of imide groups is 1. The molecule has 0 aromatic heterocycles. The number of nitrogens with zero attached hydrogens (tertiary/aromatic N) is 1. The lowest BCUT2D eigenvalue weighted by Gasteiger charge is -2.24. The van der Waals surface area contributed by atoms with Gasteiger partial charge in [-0.2, -0.15) is 0 Å². The van der Waals surface area contributed by atoms with Gasteiger partial charge in [0.15, 0.2) is 0 Å². The summed E-state index contributed by atoms with van der Waals surface area (Å²) < 4.78 is 5.72. The van der Waals surface area contributed by atoms with Gasteiger partial charge in [0.25, 0.3) is 11.8 Å². The molecule has 0 spiro atoms. The molecule has 1 atom stereocenters. The lowest BCUT2D eigenvalue weighted by molar-refractivity contribution is 0.0647. The first-order chi connectivity index (χ1) is 12.9. The van der Waals surface area contributed by atoms with Crippen molar-refractivity contribution in [1.82, 2.24) is 4.90 Å². The van der Waals surface area contributed by atoms with E-state index in [1.54, 1.807) is 24.3 Å². The lowest BCUT2D eigenvalue weighted by Crippen LogP contribution is -2.32. The summed E-state index contributed by atoms with van der Waals surface area (Å²) in [5.74, 6) is 1.16. The van der Waals surface area contributed by atoms with Crippen LogP contribution in [0.5, 0.6) is 5.75 Å². The highest BCUT2D eigenvalue weighted by atomic mass is 16.5. The zero-order chi connectivity index (χ0) is 19.6. The van der Waals surface area contributed by atoms with E-state index in [9.17, 15) is 9.59 Å².